The third kappa shape index (κ3) is 4.45. The van der Waals surface area contributed by atoms with Crippen molar-refractivity contribution in [3.05, 3.63) is 16.9 Å². The monoisotopic (exact) mass is 289 g/mol. The van der Waals surface area contributed by atoms with Crippen LogP contribution in [0.25, 0.3) is 0 Å². The van der Waals surface area contributed by atoms with Crippen molar-refractivity contribution < 1.29 is 9.47 Å². The molecule has 19 heavy (non-hydrogen) atoms. The van der Waals surface area contributed by atoms with E-state index < -0.39 is 0 Å². The first kappa shape index (κ1) is 16.4. The van der Waals surface area contributed by atoms with E-state index in [0.717, 1.165) is 18.5 Å². The molecular formula is C13H24ClN3O2. The van der Waals surface area contributed by atoms with Gasteiger partial charge in [-0.2, -0.15) is 5.10 Å². The maximum absolute atomic E-state index is 6.32. The Kier molecular flexibility index (Phi) is 7.38. The Balaban J connectivity index is 2.88. The predicted molar refractivity (Wildman–Crippen MR) is 76.4 cm³/mol. The van der Waals surface area contributed by atoms with Gasteiger partial charge in [-0.1, -0.05) is 24.9 Å². The Morgan fingerprint density at radius 2 is 2.21 bits per heavy atom. The molecule has 0 aliphatic carbocycles. The zero-order chi connectivity index (χ0) is 14.3. The minimum atomic E-state index is -0.272. The van der Waals surface area contributed by atoms with Crippen molar-refractivity contribution in [2.45, 2.75) is 45.4 Å². The first-order chi connectivity index (χ1) is 9.15. The standard InChI is InChI=1S/C13H24ClN3O2/c1-4-6-11(19-5-2)12(15)13-10(14)9-16-17(13)7-8-18-3/h9,11-12H,4-8,15H2,1-3H3. The van der Waals surface area contributed by atoms with Gasteiger partial charge < -0.3 is 15.2 Å². The molecule has 2 atom stereocenters. The largest absolute Gasteiger partial charge is 0.383 e. The van der Waals surface area contributed by atoms with Gasteiger partial charge in [0.15, 0.2) is 0 Å². The highest BCUT2D eigenvalue weighted by molar-refractivity contribution is 6.31. The summed E-state index contributed by atoms with van der Waals surface area (Å²) in [6, 6.07) is -0.272. The zero-order valence-corrected chi connectivity index (χ0v) is 12.7. The predicted octanol–water partition coefficient (Wildman–Crippen LogP) is 2.39. The van der Waals surface area contributed by atoms with Gasteiger partial charge >= 0.3 is 0 Å². The average molecular weight is 290 g/mol. The fraction of sp³-hybridized carbons (Fsp3) is 0.769. The fourth-order valence-electron chi connectivity index (χ4n) is 2.10. The molecule has 1 aromatic rings. The van der Waals surface area contributed by atoms with Crippen molar-refractivity contribution >= 4 is 11.6 Å². The molecule has 2 N–H and O–H groups in total. The first-order valence-corrected chi connectivity index (χ1v) is 7.10. The number of nitrogens with two attached hydrogens (primary N) is 1. The molecule has 1 heterocycles. The number of hydrogen-bond acceptors (Lipinski definition) is 4. The van der Waals surface area contributed by atoms with E-state index in [9.17, 15) is 0 Å². The van der Waals surface area contributed by atoms with Gasteiger partial charge in [-0.15, -0.1) is 0 Å². The molecule has 0 radical (unpaired) electrons. The molecule has 0 saturated carbocycles. The number of nitrogens with zero attached hydrogens (tertiary/aromatic N) is 2. The molecule has 0 spiro atoms. The van der Waals surface area contributed by atoms with E-state index in [1.165, 1.54) is 0 Å². The van der Waals surface area contributed by atoms with Crippen LogP contribution in [0.1, 0.15) is 38.4 Å². The average Bonchev–Trinajstić information content (AvgIpc) is 2.76. The molecular weight excluding hydrogens is 266 g/mol. The molecule has 0 saturated heterocycles. The van der Waals surface area contributed by atoms with Crippen LogP contribution >= 0.6 is 11.6 Å². The zero-order valence-electron chi connectivity index (χ0n) is 11.9. The van der Waals surface area contributed by atoms with Crippen molar-refractivity contribution in [1.29, 1.82) is 0 Å². The van der Waals surface area contributed by atoms with Crippen LogP contribution < -0.4 is 5.73 Å². The van der Waals surface area contributed by atoms with Crippen LogP contribution in [-0.4, -0.2) is 36.2 Å². The Hall–Kier alpha value is -0.620. The van der Waals surface area contributed by atoms with E-state index >= 15 is 0 Å². The normalized spacial score (nSPS) is 14.6. The second-order valence-electron chi connectivity index (χ2n) is 4.40. The summed E-state index contributed by atoms with van der Waals surface area (Å²) in [5.74, 6) is 0. The Labute approximate surface area is 120 Å². The van der Waals surface area contributed by atoms with Crippen LogP contribution in [0.3, 0.4) is 0 Å². The minimum absolute atomic E-state index is 0.0366. The van der Waals surface area contributed by atoms with Gasteiger partial charge in [0.25, 0.3) is 0 Å². The molecule has 0 aliphatic rings. The molecule has 110 valence electrons. The summed E-state index contributed by atoms with van der Waals surface area (Å²) in [5.41, 5.74) is 7.14. The van der Waals surface area contributed by atoms with E-state index in [1.807, 2.05) is 6.92 Å². The van der Waals surface area contributed by atoms with Gasteiger partial charge in [0.05, 0.1) is 42.2 Å². The summed E-state index contributed by atoms with van der Waals surface area (Å²) in [6.45, 7) is 5.94. The Morgan fingerprint density at radius 1 is 1.47 bits per heavy atom. The Morgan fingerprint density at radius 3 is 2.79 bits per heavy atom. The highest BCUT2D eigenvalue weighted by atomic mass is 35.5. The van der Waals surface area contributed by atoms with Crippen LogP contribution in [-0.2, 0) is 16.0 Å². The number of hydrogen-bond donors (Lipinski definition) is 1. The third-order valence-corrected chi connectivity index (χ3v) is 3.30. The van der Waals surface area contributed by atoms with Crippen molar-refractivity contribution in [1.82, 2.24) is 9.78 Å². The summed E-state index contributed by atoms with van der Waals surface area (Å²) in [6.07, 6.45) is 3.51. The highest BCUT2D eigenvalue weighted by Gasteiger charge is 2.25. The van der Waals surface area contributed by atoms with E-state index in [2.05, 4.69) is 12.0 Å². The van der Waals surface area contributed by atoms with Gasteiger partial charge in [0.2, 0.25) is 0 Å². The molecule has 0 aliphatic heterocycles. The molecule has 0 aromatic carbocycles. The topological polar surface area (TPSA) is 62.3 Å². The van der Waals surface area contributed by atoms with E-state index in [-0.39, 0.29) is 12.1 Å². The van der Waals surface area contributed by atoms with E-state index in [0.29, 0.717) is 24.8 Å². The molecule has 0 bridgehead atoms. The summed E-state index contributed by atoms with van der Waals surface area (Å²) in [7, 11) is 1.66. The number of methoxy groups -OCH3 is 1. The second-order valence-corrected chi connectivity index (χ2v) is 4.81. The van der Waals surface area contributed by atoms with Crippen molar-refractivity contribution in [3.8, 4) is 0 Å². The van der Waals surface area contributed by atoms with Crippen LogP contribution in [0, 0.1) is 0 Å². The number of aromatic nitrogens is 2. The summed E-state index contributed by atoms with van der Waals surface area (Å²) < 4.78 is 12.6. The maximum atomic E-state index is 6.32. The summed E-state index contributed by atoms with van der Waals surface area (Å²) >= 11 is 6.20. The SMILES string of the molecule is CCCC(OCC)C(N)c1c(Cl)cnn1CCOC. The molecule has 5 nitrogen and oxygen atoms in total. The first-order valence-electron chi connectivity index (χ1n) is 6.72. The summed E-state index contributed by atoms with van der Waals surface area (Å²) in [4.78, 5) is 0. The van der Waals surface area contributed by atoms with Crippen molar-refractivity contribution in [2.75, 3.05) is 20.3 Å². The summed E-state index contributed by atoms with van der Waals surface area (Å²) in [5, 5.41) is 4.83. The molecule has 1 rings (SSSR count). The lowest BCUT2D eigenvalue weighted by molar-refractivity contribution is 0.0351. The van der Waals surface area contributed by atoms with Gasteiger partial charge in [0, 0.05) is 13.7 Å². The van der Waals surface area contributed by atoms with Gasteiger partial charge in [0.1, 0.15) is 0 Å². The van der Waals surface area contributed by atoms with Crippen LogP contribution in [0.15, 0.2) is 6.20 Å². The lowest BCUT2D eigenvalue weighted by Crippen LogP contribution is -2.31. The molecule has 6 heteroatoms. The quantitative estimate of drug-likeness (QED) is 0.758. The van der Waals surface area contributed by atoms with Gasteiger partial charge in [-0.05, 0) is 13.3 Å². The smallest absolute Gasteiger partial charge is 0.0835 e. The lowest BCUT2D eigenvalue weighted by atomic mass is 10.0. The van der Waals surface area contributed by atoms with Crippen LogP contribution in [0.2, 0.25) is 5.02 Å². The van der Waals surface area contributed by atoms with E-state index in [1.54, 1.807) is 18.0 Å². The van der Waals surface area contributed by atoms with Crippen molar-refractivity contribution in [3.63, 3.8) is 0 Å². The van der Waals surface area contributed by atoms with Gasteiger partial charge in [-0.3, -0.25) is 4.68 Å². The number of ether oxygens (including phenoxy) is 2. The molecule has 0 amide bonds. The van der Waals surface area contributed by atoms with Crippen molar-refractivity contribution in [2.24, 2.45) is 5.73 Å². The molecule has 0 fully saturated rings. The van der Waals surface area contributed by atoms with Crippen LogP contribution in [0.4, 0.5) is 0 Å². The minimum Gasteiger partial charge on any atom is -0.383 e. The highest BCUT2D eigenvalue weighted by Crippen LogP contribution is 2.26. The Bertz CT molecular complexity index is 365. The van der Waals surface area contributed by atoms with E-state index in [4.69, 9.17) is 26.8 Å². The third-order valence-electron chi connectivity index (χ3n) is 3.01. The molecule has 1 aromatic heterocycles. The maximum Gasteiger partial charge on any atom is 0.0835 e. The second kappa shape index (κ2) is 8.53. The van der Waals surface area contributed by atoms with Crippen LogP contribution in [0.5, 0.6) is 0 Å². The fourth-order valence-corrected chi connectivity index (χ4v) is 2.37. The lowest BCUT2D eigenvalue weighted by Gasteiger charge is -2.24. The number of halogens is 1. The number of rotatable bonds is 9. The molecule has 2 unspecified atom stereocenters. The van der Waals surface area contributed by atoms with Gasteiger partial charge in [-0.25, -0.2) is 0 Å².